The highest BCUT2D eigenvalue weighted by atomic mass is 15.1. The first-order valence-electron chi connectivity index (χ1n) is 14.9. The summed E-state index contributed by atoms with van der Waals surface area (Å²) in [5.41, 5.74) is 9.13. The fourth-order valence-electron chi connectivity index (χ4n) is 4.64. The Kier molecular flexibility index (Phi) is 12.5. The van der Waals surface area contributed by atoms with E-state index in [1.807, 2.05) is 0 Å². The quantitative estimate of drug-likeness (QED) is 0.185. The van der Waals surface area contributed by atoms with Crippen LogP contribution in [0, 0.1) is 0 Å². The van der Waals surface area contributed by atoms with Gasteiger partial charge in [-0.25, -0.2) is 0 Å². The zero-order chi connectivity index (χ0) is 28.7. The Balaban J connectivity index is 2.53. The molecular formula is C33H45BN6. The van der Waals surface area contributed by atoms with Gasteiger partial charge in [0.25, 0.3) is 6.71 Å². The van der Waals surface area contributed by atoms with E-state index in [-0.39, 0.29) is 6.71 Å². The van der Waals surface area contributed by atoms with Crippen molar-refractivity contribution in [2.45, 2.75) is 80.1 Å². The van der Waals surface area contributed by atoms with Crippen LogP contribution in [0.1, 0.15) is 114 Å². The van der Waals surface area contributed by atoms with Gasteiger partial charge in [0, 0.05) is 0 Å². The molecule has 3 aromatic rings. The normalized spacial score (nSPS) is 12.8. The Morgan fingerprint density at radius 3 is 0.925 bits per heavy atom. The standard InChI is InChI=1S/C33H45BN6/c1-7-13-19-25-31(26(36-35-25)20-14-8-2)34(32-27(21-15-9-3)37-38-28(32)22-16-10-4)33-29(23-17-11-5)39-40-30(33)24-18-12-6/h13-24H,7-12H2,1-6H3,(H,35,36)(H,37,38)(H,39,40). The minimum absolute atomic E-state index is 0.190. The van der Waals surface area contributed by atoms with E-state index in [1.165, 1.54) is 0 Å². The van der Waals surface area contributed by atoms with Crippen molar-refractivity contribution in [3.8, 4) is 0 Å². The summed E-state index contributed by atoms with van der Waals surface area (Å²) < 4.78 is 0. The van der Waals surface area contributed by atoms with Gasteiger partial charge in [-0.05, 0) is 91.4 Å². The smallest absolute Gasteiger partial charge is 0.258 e. The van der Waals surface area contributed by atoms with Crippen LogP contribution in [0.3, 0.4) is 0 Å². The molecule has 3 N–H and O–H groups in total. The Morgan fingerprint density at radius 2 is 0.675 bits per heavy atom. The summed E-state index contributed by atoms with van der Waals surface area (Å²) >= 11 is 0. The summed E-state index contributed by atoms with van der Waals surface area (Å²) in [7, 11) is 0. The first kappa shape index (κ1) is 30.7. The average Bonchev–Trinajstić information content (AvgIpc) is 3.68. The van der Waals surface area contributed by atoms with Gasteiger partial charge < -0.3 is 0 Å². The highest BCUT2D eigenvalue weighted by Crippen LogP contribution is 2.15. The number of aromatic amines is 3. The summed E-state index contributed by atoms with van der Waals surface area (Å²) in [6.07, 6.45) is 31.5. The van der Waals surface area contributed by atoms with Crippen molar-refractivity contribution in [2.24, 2.45) is 0 Å². The molecule has 6 nitrogen and oxygen atoms in total. The number of nitrogens with zero attached hydrogens (tertiary/aromatic N) is 3. The molecule has 0 radical (unpaired) electrons. The minimum atomic E-state index is -0.190. The molecule has 0 atom stereocenters. The Bertz CT molecular complexity index is 1110. The van der Waals surface area contributed by atoms with Gasteiger partial charge in [0.15, 0.2) is 0 Å². The maximum atomic E-state index is 4.82. The molecule has 3 heterocycles. The van der Waals surface area contributed by atoms with E-state index >= 15 is 0 Å². The summed E-state index contributed by atoms with van der Waals surface area (Å²) in [5.74, 6) is 0. The number of aromatic nitrogens is 6. The molecule has 0 fully saturated rings. The number of hydrogen-bond acceptors (Lipinski definition) is 3. The van der Waals surface area contributed by atoms with Gasteiger partial charge in [-0.1, -0.05) is 78.0 Å². The van der Waals surface area contributed by atoms with Crippen molar-refractivity contribution in [1.29, 1.82) is 0 Å². The summed E-state index contributed by atoms with van der Waals surface area (Å²) in [6, 6.07) is 0. The van der Waals surface area contributed by atoms with Crippen molar-refractivity contribution in [1.82, 2.24) is 30.6 Å². The van der Waals surface area contributed by atoms with Gasteiger partial charge >= 0.3 is 0 Å². The predicted octanol–water partition coefficient (Wildman–Crippen LogP) is 6.91. The van der Waals surface area contributed by atoms with Gasteiger partial charge in [0.1, 0.15) is 0 Å². The molecule has 0 unspecified atom stereocenters. The molecule has 0 amide bonds. The van der Waals surface area contributed by atoms with E-state index in [0.29, 0.717) is 0 Å². The van der Waals surface area contributed by atoms with Crippen LogP contribution in [-0.2, 0) is 0 Å². The lowest BCUT2D eigenvalue weighted by Gasteiger charge is -2.17. The third-order valence-electron chi connectivity index (χ3n) is 6.55. The van der Waals surface area contributed by atoms with Crippen molar-refractivity contribution in [2.75, 3.05) is 0 Å². The first-order valence-corrected chi connectivity index (χ1v) is 14.9. The number of hydrogen-bond donors (Lipinski definition) is 3. The van der Waals surface area contributed by atoms with E-state index in [2.05, 4.69) is 130 Å². The fourth-order valence-corrected chi connectivity index (χ4v) is 4.64. The van der Waals surface area contributed by atoms with Crippen LogP contribution in [0.4, 0.5) is 0 Å². The van der Waals surface area contributed by atoms with Gasteiger partial charge in [-0.2, -0.15) is 15.3 Å². The zero-order valence-electron chi connectivity index (χ0n) is 25.1. The second-order valence-electron chi connectivity index (χ2n) is 9.61. The lowest BCUT2D eigenvalue weighted by Crippen LogP contribution is -2.56. The molecule has 0 aliphatic carbocycles. The summed E-state index contributed by atoms with van der Waals surface area (Å²) in [5, 5.41) is 24.5. The molecular weight excluding hydrogens is 491 g/mol. The molecule has 0 bridgehead atoms. The van der Waals surface area contributed by atoms with Gasteiger partial charge in [-0.3, -0.25) is 15.3 Å². The van der Waals surface area contributed by atoms with E-state index in [4.69, 9.17) is 15.3 Å². The van der Waals surface area contributed by atoms with Crippen LogP contribution in [-0.4, -0.2) is 37.3 Å². The number of H-pyrrole nitrogens is 3. The largest absolute Gasteiger partial charge is 0.278 e. The Hall–Kier alpha value is -3.87. The first-order chi connectivity index (χ1) is 19.6. The van der Waals surface area contributed by atoms with E-state index in [9.17, 15) is 0 Å². The maximum Gasteiger partial charge on any atom is 0.258 e. The van der Waals surface area contributed by atoms with Crippen LogP contribution >= 0.6 is 0 Å². The molecule has 7 heteroatoms. The minimum Gasteiger partial charge on any atom is -0.278 e. The molecule has 210 valence electrons. The third kappa shape index (κ3) is 7.41. The molecule has 3 aromatic heterocycles. The lowest BCUT2D eigenvalue weighted by molar-refractivity contribution is 1.07. The average molecular weight is 537 g/mol. The Labute approximate surface area is 240 Å². The fraction of sp³-hybridized carbons (Fsp3) is 0.364. The van der Waals surface area contributed by atoms with Crippen molar-refractivity contribution in [3.05, 3.63) is 70.6 Å². The highest BCUT2D eigenvalue weighted by molar-refractivity contribution is 6.97. The van der Waals surface area contributed by atoms with Crippen molar-refractivity contribution in [3.63, 3.8) is 0 Å². The summed E-state index contributed by atoms with van der Waals surface area (Å²) in [4.78, 5) is 0. The molecule has 40 heavy (non-hydrogen) atoms. The SMILES string of the molecule is CCC=Cc1n[nH]c(C=CCC)c1B(c1c(C=CCC)n[nH]c1C=CCC)c1c(C=CCC)n[nH]c1C=CCC. The number of allylic oxidation sites excluding steroid dienone is 6. The molecule has 0 saturated heterocycles. The van der Waals surface area contributed by atoms with Crippen LogP contribution in [0.25, 0.3) is 36.5 Å². The van der Waals surface area contributed by atoms with Crippen LogP contribution in [0.15, 0.2) is 36.5 Å². The molecule has 0 aromatic carbocycles. The third-order valence-corrected chi connectivity index (χ3v) is 6.55. The molecule has 0 aliphatic heterocycles. The maximum absolute atomic E-state index is 4.82. The van der Waals surface area contributed by atoms with E-state index in [1.54, 1.807) is 0 Å². The van der Waals surface area contributed by atoms with Gasteiger partial charge in [0.2, 0.25) is 0 Å². The van der Waals surface area contributed by atoms with Crippen LogP contribution in [0.2, 0.25) is 0 Å². The highest BCUT2D eigenvalue weighted by Gasteiger charge is 2.36. The molecule has 3 rings (SSSR count). The van der Waals surface area contributed by atoms with Gasteiger partial charge in [-0.15, -0.1) is 0 Å². The van der Waals surface area contributed by atoms with Crippen LogP contribution < -0.4 is 16.4 Å². The zero-order valence-corrected chi connectivity index (χ0v) is 25.1. The number of nitrogens with one attached hydrogen (secondary N) is 3. The predicted molar refractivity (Wildman–Crippen MR) is 176 cm³/mol. The van der Waals surface area contributed by atoms with E-state index in [0.717, 1.165) is 89.1 Å². The van der Waals surface area contributed by atoms with Crippen molar-refractivity contribution >= 4 is 59.6 Å². The molecule has 0 saturated carbocycles. The topological polar surface area (TPSA) is 86.0 Å². The lowest BCUT2D eigenvalue weighted by atomic mass is 9.34. The molecule has 0 aliphatic rings. The molecule has 0 spiro atoms. The summed E-state index contributed by atoms with van der Waals surface area (Å²) in [6.45, 7) is 12.7. The number of rotatable bonds is 15. The van der Waals surface area contributed by atoms with Gasteiger partial charge in [0.05, 0.1) is 34.2 Å². The monoisotopic (exact) mass is 536 g/mol. The second kappa shape index (κ2) is 16.3. The van der Waals surface area contributed by atoms with Crippen LogP contribution in [0.5, 0.6) is 0 Å². The van der Waals surface area contributed by atoms with Crippen molar-refractivity contribution < 1.29 is 0 Å². The second-order valence-corrected chi connectivity index (χ2v) is 9.61. The van der Waals surface area contributed by atoms with E-state index < -0.39 is 0 Å². The Morgan fingerprint density at radius 1 is 0.425 bits per heavy atom.